The molecule has 1 aliphatic heterocycles. The van der Waals surface area contributed by atoms with Crippen LogP contribution in [0.2, 0.25) is 0 Å². The molecule has 0 unspecified atom stereocenters. The number of carbonyl (C=O) groups excluding carboxylic acids is 1. The van der Waals surface area contributed by atoms with Crippen molar-refractivity contribution < 1.29 is 9.53 Å². The Kier molecular flexibility index (Phi) is 3.36. The fraction of sp³-hybridized carbons (Fsp3) is 0.538. The number of anilines is 1. The van der Waals surface area contributed by atoms with Crippen LogP contribution in [0.15, 0.2) is 16.7 Å². The third-order valence-electron chi connectivity index (χ3n) is 2.73. The monoisotopic (exact) mass is 312 g/mol. The van der Waals surface area contributed by atoms with Gasteiger partial charge in [-0.05, 0) is 41.8 Å². The smallest absolute Gasteiger partial charge is 0.271 e. The lowest BCUT2D eigenvalue weighted by molar-refractivity contribution is -0.132. The Labute approximate surface area is 115 Å². The molecule has 4 nitrogen and oxygen atoms in total. The highest BCUT2D eigenvalue weighted by atomic mass is 79.9. The molecule has 1 amide bonds. The third kappa shape index (κ3) is 2.36. The highest BCUT2D eigenvalue weighted by Crippen LogP contribution is 2.37. The molecule has 0 N–H and O–H groups in total. The summed E-state index contributed by atoms with van der Waals surface area (Å²) in [5.41, 5.74) is -0.843. The van der Waals surface area contributed by atoms with E-state index in [0.717, 1.165) is 4.47 Å². The van der Waals surface area contributed by atoms with Crippen molar-refractivity contribution in [3.8, 4) is 5.75 Å². The summed E-state index contributed by atoms with van der Waals surface area (Å²) in [6.07, 6.45) is 1.68. The van der Waals surface area contributed by atoms with E-state index in [9.17, 15) is 4.79 Å². The van der Waals surface area contributed by atoms with Crippen molar-refractivity contribution >= 4 is 27.7 Å². The van der Waals surface area contributed by atoms with Crippen LogP contribution in [0.25, 0.3) is 0 Å². The second-order valence-electron chi connectivity index (χ2n) is 5.40. The molecule has 2 heterocycles. The van der Waals surface area contributed by atoms with Gasteiger partial charge in [-0.2, -0.15) is 0 Å². The fourth-order valence-corrected chi connectivity index (χ4v) is 2.28. The van der Waals surface area contributed by atoms with Gasteiger partial charge in [-0.3, -0.25) is 9.69 Å². The van der Waals surface area contributed by atoms with Gasteiger partial charge >= 0.3 is 0 Å². The molecular formula is C13H17BrN2O2. The number of carbonyl (C=O) groups is 1. The van der Waals surface area contributed by atoms with E-state index in [1.807, 2.05) is 6.07 Å². The summed E-state index contributed by atoms with van der Waals surface area (Å²) in [6, 6.07) is 1.85. The Balaban J connectivity index is 2.48. The van der Waals surface area contributed by atoms with Crippen LogP contribution >= 0.6 is 15.9 Å². The summed E-state index contributed by atoms with van der Waals surface area (Å²) >= 11 is 3.37. The van der Waals surface area contributed by atoms with Crippen LogP contribution in [0.4, 0.5) is 5.82 Å². The van der Waals surface area contributed by atoms with E-state index in [4.69, 9.17) is 4.74 Å². The Morgan fingerprint density at radius 3 is 2.78 bits per heavy atom. The van der Waals surface area contributed by atoms with Gasteiger partial charge in [0.2, 0.25) is 0 Å². The molecule has 18 heavy (non-hydrogen) atoms. The van der Waals surface area contributed by atoms with Crippen LogP contribution in [0, 0.1) is 5.92 Å². The molecule has 0 bridgehead atoms. The zero-order valence-electron chi connectivity index (χ0n) is 11.0. The van der Waals surface area contributed by atoms with Crippen molar-refractivity contribution in [1.29, 1.82) is 0 Å². The van der Waals surface area contributed by atoms with Crippen LogP contribution in [-0.2, 0) is 4.79 Å². The summed E-state index contributed by atoms with van der Waals surface area (Å²) < 4.78 is 6.58. The maximum atomic E-state index is 12.4. The van der Waals surface area contributed by atoms with E-state index in [1.165, 1.54) is 0 Å². The van der Waals surface area contributed by atoms with E-state index < -0.39 is 5.60 Å². The highest BCUT2D eigenvalue weighted by Gasteiger charge is 2.41. The SMILES string of the molecule is CC(C)CN1C(=O)C(C)(C)Oc2cc(Br)cnc21. The summed E-state index contributed by atoms with van der Waals surface area (Å²) in [4.78, 5) is 18.4. The number of hydrogen-bond donors (Lipinski definition) is 0. The molecule has 0 aromatic carbocycles. The number of amides is 1. The summed E-state index contributed by atoms with van der Waals surface area (Å²) in [5.74, 6) is 1.59. The molecule has 2 rings (SSSR count). The van der Waals surface area contributed by atoms with Gasteiger partial charge in [0.25, 0.3) is 5.91 Å². The van der Waals surface area contributed by atoms with Gasteiger partial charge in [0.05, 0.1) is 0 Å². The minimum Gasteiger partial charge on any atom is -0.474 e. The number of aromatic nitrogens is 1. The largest absolute Gasteiger partial charge is 0.474 e. The lowest BCUT2D eigenvalue weighted by Gasteiger charge is -2.38. The number of hydrogen-bond acceptors (Lipinski definition) is 3. The van der Waals surface area contributed by atoms with Crippen molar-refractivity contribution in [3.63, 3.8) is 0 Å². The quantitative estimate of drug-likeness (QED) is 0.843. The molecule has 0 atom stereocenters. The molecule has 0 fully saturated rings. The van der Waals surface area contributed by atoms with Crippen molar-refractivity contribution in [1.82, 2.24) is 4.98 Å². The highest BCUT2D eigenvalue weighted by molar-refractivity contribution is 9.10. The molecule has 0 saturated carbocycles. The fourth-order valence-electron chi connectivity index (χ4n) is 1.97. The molecule has 1 aromatic rings. The van der Waals surface area contributed by atoms with Crippen molar-refractivity contribution in [2.24, 2.45) is 5.92 Å². The molecule has 98 valence electrons. The number of fused-ring (bicyclic) bond motifs is 1. The third-order valence-corrected chi connectivity index (χ3v) is 3.16. The lowest BCUT2D eigenvalue weighted by Crippen LogP contribution is -2.53. The van der Waals surface area contributed by atoms with E-state index >= 15 is 0 Å². The predicted octanol–water partition coefficient (Wildman–Crippen LogP) is 3.00. The summed E-state index contributed by atoms with van der Waals surface area (Å²) in [5, 5.41) is 0. The Morgan fingerprint density at radius 1 is 1.50 bits per heavy atom. The van der Waals surface area contributed by atoms with Crippen LogP contribution in [0.5, 0.6) is 5.75 Å². The van der Waals surface area contributed by atoms with Crippen molar-refractivity contribution in [2.75, 3.05) is 11.4 Å². The lowest BCUT2D eigenvalue weighted by atomic mass is 10.0. The Hall–Kier alpha value is -1.10. The molecule has 1 aromatic heterocycles. The Morgan fingerprint density at radius 2 is 2.17 bits per heavy atom. The maximum Gasteiger partial charge on any atom is 0.271 e. The van der Waals surface area contributed by atoms with E-state index in [0.29, 0.717) is 24.0 Å². The zero-order valence-corrected chi connectivity index (χ0v) is 12.6. The molecular weight excluding hydrogens is 296 g/mol. The first kappa shape index (κ1) is 13.3. The number of pyridine rings is 1. The maximum absolute atomic E-state index is 12.4. The minimum absolute atomic E-state index is 0.0430. The van der Waals surface area contributed by atoms with E-state index in [1.54, 1.807) is 24.9 Å². The van der Waals surface area contributed by atoms with Gasteiger partial charge < -0.3 is 4.74 Å². The molecule has 0 radical (unpaired) electrons. The topological polar surface area (TPSA) is 42.4 Å². The first-order valence-corrected chi connectivity index (χ1v) is 6.77. The number of halogens is 1. The predicted molar refractivity (Wildman–Crippen MR) is 73.8 cm³/mol. The van der Waals surface area contributed by atoms with Crippen LogP contribution in [0.1, 0.15) is 27.7 Å². The number of nitrogens with zero attached hydrogens (tertiary/aromatic N) is 2. The van der Waals surface area contributed by atoms with Crippen LogP contribution in [0.3, 0.4) is 0 Å². The first-order chi connectivity index (χ1) is 8.31. The van der Waals surface area contributed by atoms with Crippen molar-refractivity contribution in [3.05, 3.63) is 16.7 Å². The van der Waals surface area contributed by atoms with Gasteiger partial charge in [0, 0.05) is 17.2 Å². The normalized spacial score (nSPS) is 17.7. The molecule has 0 saturated heterocycles. The number of ether oxygens (including phenoxy) is 1. The Bertz CT molecular complexity index is 486. The van der Waals surface area contributed by atoms with Crippen LogP contribution in [-0.4, -0.2) is 23.0 Å². The summed E-state index contributed by atoms with van der Waals surface area (Å²) in [6.45, 7) is 8.37. The second kappa shape index (κ2) is 4.53. The summed E-state index contributed by atoms with van der Waals surface area (Å²) in [7, 11) is 0. The minimum atomic E-state index is -0.843. The second-order valence-corrected chi connectivity index (χ2v) is 6.31. The average Bonchev–Trinajstić information content (AvgIpc) is 2.23. The van der Waals surface area contributed by atoms with E-state index in [2.05, 4.69) is 34.8 Å². The van der Waals surface area contributed by atoms with E-state index in [-0.39, 0.29) is 5.91 Å². The molecule has 0 spiro atoms. The first-order valence-electron chi connectivity index (χ1n) is 5.98. The van der Waals surface area contributed by atoms with Gasteiger partial charge in [-0.25, -0.2) is 4.98 Å². The number of rotatable bonds is 2. The average molecular weight is 313 g/mol. The molecule has 0 aliphatic carbocycles. The standard InChI is InChI=1S/C13H17BrN2O2/c1-8(2)7-16-11-10(5-9(14)6-15-11)18-13(3,4)12(16)17/h5-6,8H,7H2,1-4H3. The zero-order chi connectivity index (χ0) is 13.5. The van der Waals surface area contributed by atoms with Gasteiger partial charge in [-0.1, -0.05) is 13.8 Å². The van der Waals surface area contributed by atoms with Gasteiger partial charge in [0.1, 0.15) is 0 Å². The van der Waals surface area contributed by atoms with Crippen LogP contribution < -0.4 is 9.64 Å². The van der Waals surface area contributed by atoms with Gasteiger partial charge in [-0.15, -0.1) is 0 Å². The van der Waals surface area contributed by atoms with Crippen molar-refractivity contribution in [2.45, 2.75) is 33.3 Å². The molecule has 1 aliphatic rings. The van der Waals surface area contributed by atoms with Gasteiger partial charge in [0.15, 0.2) is 17.2 Å². The molecule has 5 heteroatoms.